The summed E-state index contributed by atoms with van der Waals surface area (Å²) in [5, 5.41) is 0. The number of methoxy groups -OCH3 is 1. The summed E-state index contributed by atoms with van der Waals surface area (Å²) in [5.41, 5.74) is 2.99. The number of allylic oxidation sites excluding steroid dienone is 1. The number of carbonyl (C=O) groups excluding carboxylic acids is 2. The molecule has 5 heteroatoms. The largest absolute Gasteiger partial charge is 0.464 e. The fourth-order valence-corrected chi connectivity index (χ4v) is 3.38. The van der Waals surface area contributed by atoms with E-state index in [9.17, 15) is 9.59 Å². The lowest BCUT2D eigenvalue weighted by Crippen LogP contribution is -2.38. The van der Waals surface area contributed by atoms with Crippen molar-refractivity contribution in [2.24, 2.45) is 0 Å². The quantitative estimate of drug-likeness (QED) is 0.573. The van der Waals surface area contributed by atoms with Crippen molar-refractivity contribution in [3.8, 4) is 0 Å². The zero-order chi connectivity index (χ0) is 19.2. The van der Waals surface area contributed by atoms with Gasteiger partial charge in [0.2, 0.25) is 0 Å². The molecule has 1 saturated heterocycles. The number of rotatable bonds is 6. The van der Waals surface area contributed by atoms with Gasteiger partial charge in [-0.15, -0.1) is 0 Å². The van der Waals surface area contributed by atoms with Crippen LogP contribution in [0.1, 0.15) is 24.5 Å². The second-order valence-corrected chi connectivity index (χ2v) is 6.33. The Morgan fingerprint density at radius 1 is 1.11 bits per heavy atom. The van der Waals surface area contributed by atoms with Crippen LogP contribution in [-0.4, -0.2) is 36.7 Å². The van der Waals surface area contributed by atoms with E-state index in [2.05, 4.69) is 0 Å². The summed E-state index contributed by atoms with van der Waals surface area (Å²) in [6.07, 6.45) is 0.660. The molecule has 0 aromatic heterocycles. The normalized spacial score (nSPS) is 17.3. The summed E-state index contributed by atoms with van der Waals surface area (Å²) in [6.45, 7) is 2.19. The third-order valence-corrected chi connectivity index (χ3v) is 4.66. The number of hydrogen-bond donors (Lipinski definition) is 0. The van der Waals surface area contributed by atoms with Crippen molar-refractivity contribution in [1.29, 1.82) is 0 Å². The molecular weight excluding hydrogens is 342 g/mol. The molecule has 27 heavy (non-hydrogen) atoms. The second-order valence-electron chi connectivity index (χ2n) is 6.33. The van der Waals surface area contributed by atoms with Crippen molar-refractivity contribution in [3.05, 3.63) is 77.5 Å². The van der Waals surface area contributed by atoms with Crippen LogP contribution in [0.3, 0.4) is 0 Å². The van der Waals surface area contributed by atoms with E-state index >= 15 is 0 Å². The van der Waals surface area contributed by atoms with Crippen molar-refractivity contribution in [1.82, 2.24) is 4.90 Å². The fraction of sp³-hybridized carbons (Fsp3) is 0.273. The average Bonchev–Trinajstić information content (AvgIpc) is 3.06. The molecule has 140 valence electrons. The first kappa shape index (κ1) is 18.7. The smallest absolute Gasteiger partial charge is 0.414 e. The lowest BCUT2D eigenvalue weighted by atomic mass is 9.98. The average molecular weight is 365 g/mol. The second kappa shape index (κ2) is 8.54. The molecule has 0 saturated carbocycles. The Hall–Kier alpha value is -3.08. The van der Waals surface area contributed by atoms with Crippen LogP contribution < -0.4 is 0 Å². The van der Waals surface area contributed by atoms with Crippen LogP contribution in [0.15, 0.2) is 66.4 Å². The highest BCUT2D eigenvalue weighted by Crippen LogP contribution is 2.30. The van der Waals surface area contributed by atoms with Gasteiger partial charge in [0.1, 0.15) is 12.3 Å². The third kappa shape index (κ3) is 4.03. The zero-order valence-electron chi connectivity index (χ0n) is 15.6. The van der Waals surface area contributed by atoms with Crippen LogP contribution in [0, 0.1) is 0 Å². The van der Waals surface area contributed by atoms with E-state index in [1.54, 1.807) is 0 Å². The fourth-order valence-electron chi connectivity index (χ4n) is 3.38. The van der Waals surface area contributed by atoms with Crippen LogP contribution in [0.5, 0.6) is 0 Å². The molecule has 5 nitrogen and oxygen atoms in total. The van der Waals surface area contributed by atoms with Crippen LogP contribution >= 0.6 is 0 Å². The molecule has 0 unspecified atom stereocenters. The minimum Gasteiger partial charge on any atom is -0.464 e. The molecule has 1 heterocycles. The highest BCUT2D eigenvalue weighted by molar-refractivity contribution is 6.00. The number of esters is 1. The van der Waals surface area contributed by atoms with Crippen LogP contribution in [0.25, 0.3) is 5.57 Å². The summed E-state index contributed by atoms with van der Waals surface area (Å²) >= 11 is 0. The maximum Gasteiger partial charge on any atom is 0.414 e. The van der Waals surface area contributed by atoms with E-state index in [0.717, 1.165) is 16.7 Å². The zero-order valence-corrected chi connectivity index (χ0v) is 15.6. The first-order valence-corrected chi connectivity index (χ1v) is 9.02. The minimum atomic E-state index is -0.535. The molecule has 0 aliphatic carbocycles. The summed E-state index contributed by atoms with van der Waals surface area (Å²) in [6, 6.07) is 19.2. The van der Waals surface area contributed by atoms with Gasteiger partial charge in [0, 0.05) is 0 Å². The summed E-state index contributed by atoms with van der Waals surface area (Å²) in [7, 11) is 1.33. The number of carbonyl (C=O) groups is 2. The SMILES string of the molecule is CC/C(=C(\C(=O)OC)N1C(=O)OC[C@H]1Cc1ccccc1)c1ccccc1. The van der Waals surface area contributed by atoms with E-state index in [4.69, 9.17) is 9.47 Å². The molecule has 2 aromatic carbocycles. The Morgan fingerprint density at radius 3 is 2.33 bits per heavy atom. The molecule has 1 aliphatic rings. The molecule has 1 aliphatic heterocycles. The standard InChI is InChI=1S/C22H23NO4/c1-3-19(17-12-8-5-9-13-17)20(21(24)26-2)23-18(15-27-22(23)25)14-16-10-6-4-7-11-16/h4-13,18H,3,14-15H2,1-2H3/b20-19-/t18-/m1/s1. The van der Waals surface area contributed by atoms with Gasteiger partial charge in [-0.1, -0.05) is 67.6 Å². The van der Waals surface area contributed by atoms with Crippen LogP contribution in [0.2, 0.25) is 0 Å². The molecule has 3 rings (SSSR count). The van der Waals surface area contributed by atoms with Crippen LogP contribution in [-0.2, 0) is 20.7 Å². The Balaban J connectivity index is 2.05. The molecule has 1 fully saturated rings. The molecular formula is C22H23NO4. The van der Waals surface area contributed by atoms with Crippen molar-refractivity contribution >= 4 is 17.6 Å². The van der Waals surface area contributed by atoms with Crippen molar-refractivity contribution in [2.75, 3.05) is 13.7 Å². The van der Waals surface area contributed by atoms with Crippen molar-refractivity contribution in [3.63, 3.8) is 0 Å². The van der Waals surface area contributed by atoms with E-state index in [1.165, 1.54) is 12.0 Å². The molecule has 1 amide bonds. The lowest BCUT2D eigenvalue weighted by Gasteiger charge is -2.25. The first-order chi connectivity index (χ1) is 13.2. The maximum atomic E-state index is 12.7. The predicted molar refractivity (Wildman–Crippen MR) is 103 cm³/mol. The van der Waals surface area contributed by atoms with Gasteiger partial charge < -0.3 is 9.47 Å². The van der Waals surface area contributed by atoms with Gasteiger partial charge in [0.15, 0.2) is 0 Å². The van der Waals surface area contributed by atoms with Gasteiger partial charge >= 0.3 is 12.1 Å². The molecule has 1 atom stereocenters. The number of hydrogen-bond acceptors (Lipinski definition) is 4. The van der Waals surface area contributed by atoms with Gasteiger partial charge in [-0.05, 0) is 29.5 Å². The van der Waals surface area contributed by atoms with Crippen molar-refractivity contribution in [2.45, 2.75) is 25.8 Å². The van der Waals surface area contributed by atoms with Crippen molar-refractivity contribution < 1.29 is 19.1 Å². The summed E-state index contributed by atoms with van der Waals surface area (Å²) in [5.74, 6) is -0.535. The lowest BCUT2D eigenvalue weighted by molar-refractivity contribution is -0.137. The Labute approximate surface area is 159 Å². The van der Waals surface area contributed by atoms with Gasteiger partial charge in [-0.25, -0.2) is 9.59 Å². The van der Waals surface area contributed by atoms with Gasteiger partial charge in [-0.2, -0.15) is 0 Å². The number of cyclic esters (lactones) is 1. The first-order valence-electron chi connectivity index (χ1n) is 9.02. The van der Waals surface area contributed by atoms with E-state index in [0.29, 0.717) is 12.8 Å². The topological polar surface area (TPSA) is 55.8 Å². The summed E-state index contributed by atoms with van der Waals surface area (Å²) in [4.78, 5) is 26.7. The number of nitrogens with zero attached hydrogens (tertiary/aromatic N) is 1. The monoisotopic (exact) mass is 365 g/mol. The molecule has 0 radical (unpaired) electrons. The summed E-state index contributed by atoms with van der Waals surface area (Å²) < 4.78 is 10.3. The van der Waals surface area contributed by atoms with E-state index in [-0.39, 0.29) is 18.3 Å². The Morgan fingerprint density at radius 2 is 1.74 bits per heavy atom. The minimum absolute atomic E-state index is 0.236. The Kier molecular flexibility index (Phi) is 5.91. The van der Waals surface area contributed by atoms with Crippen LogP contribution in [0.4, 0.5) is 4.79 Å². The van der Waals surface area contributed by atoms with Gasteiger partial charge in [-0.3, -0.25) is 4.90 Å². The number of amides is 1. The molecule has 0 N–H and O–H groups in total. The number of benzene rings is 2. The third-order valence-electron chi connectivity index (χ3n) is 4.66. The highest BCUT2D eigenvalue weighted by Gasteiger charge is 2.40. The molecule has 2 aromatic rings. The van der Waals surface area contributed by atoms with E-state index < -0.39 is 12.1 Å². The highest BCUT2D eigenvalue weighted by atomic mass is 16.6. The molecule has 0 bridgehead atoms. The Bertz CT molecular complexity index is 830. The molecule has 0 spiro atoms. The van der Waals surface area contributed by atoms with E-state index in [1.807, 2.05) is 67.6 Å². The van der Waals surface area contributed by atoms with Gasteiger partial charge in [0.25, 0.3) is 0 Å². The number of ether oxygens (including phenoxy) is 2. The predicted octanol–water partition coefficient (Wildman–Crippen LogP) is 4.04. The van der Waals surface area contributed by atoms with Gasteiger partial charge in [0.05, 0.1) is 13.2 Å². The maximum absolute atomic E-state index is 12.7.